The van der Waals surface area contributed by atoms with Crippen LogP contribution in [0.15, 0.2) is 48.8 Å². The van der Waals surface area contributed by atoms with Gasteiger partial charge in [0.1, 0.15) is 29.0 Å². The number of carbonyl (C=O) groups excluding carboxylic acids is 1. The summed E-state index contributed by atoms with van der Waals surface area (Å²) in [6.07, 6.45) is 3.82. The average molecular weight is 478 g/mol. The van der Waals surface area contributed by atoms with Crippen LogP contribution in [0.25, 0.3) is 22.0 Å². The Morgan fingerprint density at radius 2 is 2.06 bits per heavy atom. The molecule has 4 aromatic rings. The molecule has 0 bridgehead atoms. The van der Waals surface area contributed by atoms with Crippen molar-refractivity contribution in [3.8, 4) is 16.9 Å². The average Bonchev–Trinajstić information content (AvgIpc) is 3.56. The second kappa shape index (κ2) is 8.42. The molecule has 2 aliphatic heterocycles. The lowest BCUT2D eigenvalue weighted by molar-refractivity contribution is 0.0763. The maximum absolute atomic E-state index is 15.3. The minimum absolute atomic E-state index is 0.0668. The number of pyridine rings is 1. The van der Waals surface area contributed by atoms with Gasteiger partial charge in [-0.1, -0.05) is 0 Å². The third kappa shape index (κ3) is 3.81. The molecule has 0 unspecified atom stereocenters. The van der Waals surface area contributed by atoms with Gasteiger partial charge in [-0.15, -0.1) is 0 Å². The Labute approximate surface area is 202 Å². The summed E-state index contributed by atoms with van der Waals surface area (Å²) in [4.78, 5) is 17.6. The van der Waals surface area contributed by atoms with Crippen LogP contribution in [0, 0.1) is 11.6 Å². The maximum atomic E-state index is 15.3. The van der Waals surface area contributed by atoms with Crippen LogP contribution in [0.4, 0.5) is 8.78 Å². The fraction of sp³-hybridized carbons (Fsp3) is 0.269. The van der Waals surface area contributed by atoms with Crippen molar-refractivity contribution in [2.45, 2.75) is 25.6 Å². The zero-order chi connectivity index (χ0) is 25.9. The Hall–Kier alpha value is -3.85. The van der Waals surface area contributed by atoms with Crippen LogP contribution in [0.3, 0.4) is 0 Å². The van der Waals surface area contributed by atoms with Crippen molar-refractivity contribution in [1.29, 1.82) is 0 Å². The first-order valence-electron chi connectivity index (χ1n) is 12.2. The van der Waals surface area contributed by atoms with Gasteiger partial charge >= 0.3 is 0 Å². The molecule has 7 nitrogen and oxygen atoms in total. The summed E-state index contributed by atoms with van der Waals surface area (Å²) in [5.74, 6) is -1.88. The number of fused-ring (bicyclic) bond motifs is 2. The second-order valence-electron chi connectivity index (χ2n) is 8.60. The van der Waals surface area contributed by atoms with Crippen molar-refractivity contribution in [3.63, 3.8) is 0 Å². The number of amides is 1. The first kappa shape index (κ1) is 19.5. The second-order valence-corrected chi connectivity index (χ2v) is 8.60. The molecule has 0 aliphatic carbocycles. The molecular formula is C26H22F2N4O3. The van der Waals surface area contributed by atoms with Crippen molar-refractivity contribution in [2.75, 3.05) is 13.2 Å². The molecule has 178 valence electrons. The summed E-state index contributed by atoms with van der Waals surface area (Å²) in [7, 11) is 1.75. The third-order valence-corrected chi connectivity index (χ3v) is 6.23. The lowest BCUT2D eigenvalue weighted by Gasteiger charge is -2.17. The molecule has 2 aromatic carbocycles. The number of aromatic nitrogens is 3. The number of halogens is 2. The standard InChI is InChI=1S/C26H22F2N4O3/c1-31-11-19-17(4-5-24(25(19)30-31)35-16-6-8-34-14-16)15-9-21(27)20(22(28)10-15)12-32-13-23-18(26(32)33)3-2-7-29-23/h2-5,7,9-11,16H,6,8,12-14H2,1H3/t16-/m0/s1/i13D2. The highest BCUT2D eigenvalue weighted by Gasteiger charge is 2.30. The van der Waals surface area contributed by atoms with Gasteiger partial charge in [0.25, 0.3) is 5.91 Å². The quantitative estimate of drug-likeness (QED) is 0.429. The van der Waals surface area contributed by atoms with Crippen molar-refractivity contribution < 1.29 is 25.8 Å². The van der Waals surface area contributed by atoms with E-state index in [0.29, 0.717) is 35.4 Å². The molecule has 0 spiro atoms. The zero-order valence-corrected chi connectivity index (χ0v) is 18.8. The molecule has 0 N–H and O–H groups in total. The molecule has 1 atom stereocenters. The smallest absolute Gasteiger partial charge is 0.256 e. The number of ether oxygens (including phenoxy) is 2. The van der Waals surface area contributed by atoms with Crippen molar-refractivity contribution >= 4 is 16.8 Å². The number of hydrogen-bond donors (Lipinski definition) is 0. The summed E-state index contributed by atoms with van der Waals surface area (Å²) < 4.78 is 60.4. The highest BCUT2D eigenvalue weighted by Crippen LogP contribution is 2.36. The lowest BCUT2D eigenvalue weighted by atomic mass is 9.99. The maximum Gasteiger partial charge on any atom is 0.256 e. The van der Waals surface area contributed by atoms with Gasteiger partial charge in [-0.3, -0.25) is 14.5 Å². The van der Waals surface area contributed by atoms with Crippen LogP contribution in [0.2, 0.25) is 0 Å². The highest BCUT2D eigenvalue weighted by atomic mass is 19.1. The van der Waals surface area contributed by atoms with Crippen molar-refractivity contribution in [2.24, 2.45) is 7.05 Å². The van der Waals surface area contributed by atoms with E-state index >= 15 is 8.78 Å². The third-order valence-electron chi connectivity index (χ3n) is 6.23. The number of nitrogens with zero attached hydrogens (tertiary/aromatic N) is 4. The van der Waals surface area contributed by atoms with E-state index in [-0.39, 0.29) is 22.9 Å². The van der Waals surface area contributed by atoms with Gasteiger partial charge in [0.05, 0.1) is 40.3 Å². The molecule has 2 aromatic heterocycles. The van der Waals surface area contributed by atoms with Gasteiger partial charge in [0.15, 0.2) is 0 Å². The fourth-order valence-corrected chi connectivity index (χ4v) is 4.50. The van der Waals surface area contributed by atoms with Crippen molar-refractivity contribution in [3.05, 3.63) is 77.2 Å². The molecule has 2 aliphatic rings. The van der Waals surface area contributed by atoms with E-state index in [1.165, 1.54) is 30.5 Å². The van der Waals surface area contributed by atoms with Gasteiger partial charge in [-0.25, -0.2) is 8.78 Å². The molecule has 1 saturated heterocycles. The topological polar surface area (TPSA) is 69.5 Å². The number of rotatable bonds is 5. The summed E-state index contributed by atoms with van der Waals surface area (Å²) >= 11 is 0. The van der Waals surface area contributed by atoms with E-state index < -0.39 is 36.1 Å². The molecule has 6 rings (SSSR count). The van der Waals surface area contributed by atoms with Crippen molar-refractivity contribution in [1.82, 2.24) is 19.7 Å². The van der Waals surface area contributed by atoms with Gasteiger partial charge in [0, 0.05) is 36.8 Å². The molecule has 0 radical (unpaired) electrons. The minimum atomic E-state index is -2.30. The Morgan fingerprint density at radius 3 is 2.80 bits per heavy atom. The summed E-state index contributed by atoms with van der Waals surface area (Å²) in [6, 6.07) is 8.80. The fourth-order valence-electron chi connectivity index (χ4n) is 4.50. The first-order chi connectivity index (χ1) is 17.7. The van der Waals surface area contributed by atoms with E-state index in [9.17, 15) is 4.79 Å². The van der Waals surface area contributed by atoms with E-state index in [0.717, 1.165) is 11.3 Å². The van der Waals surface area contributed by atoms with Crippen LogP contribution in [0.5, 0.6) is 5.75 Å². The Balaban J connectivity index is 1.35. The minimum Gasteiger partial charge on any atom is -0.486 e. The highest BCUT2D eigenvalue weighted by molar-refractivity contribution is 5.98. The number of benzene rings is 2. The van der Waals surface area contributed by atoms with E-state index in [1.54, 1.807) is 30.1 Å². The normalized spacial score (nSPS) is 19.7. The van der Waals surface area contributed by atoms with Gasteiger partial charge in [-0.05, 0) is 47.5 Å². The van der Waals surface area contributed by atoms with Crippen LogP contribution < -0.4 is 4.74 Å². The first-order valence-corrected chi connectivity index (χ1v) is 11.2. The van der Waals surface area contributed by atoms with Crippen LogP contribution >= 0.6 is 0 Å². The van der Waals surface area contributed by atoms with E-state index in [1.807, 2.05) is 0 Å². The number of aryl methyl sites for hydroxylation is 1. The molecule has 1 amide bonds. The van der Waals surface area contributed by atoms with E-state index in [2.05, 4.69) is 10.1 Å². The monoisotopic (exact) mass is 478 g/mol. The predicted octanol–water partition coefficient (Wildman–Crippen LogP) is 4.24. The number of hydrogen-bond acceptors (Lipinski definition) is 5. The summed E-state index contributed by atoms with van der Waals surface area (Å²) in [5, 5.41) is 5.15. The van der Waals surface area contributed by atoms with Crippen LogP contribution in [-0.2, 0) is 24.8 Å². The van der Waals surface area contributed by atoms with Gasteiger partial charge in [-0.2, -0.15) is 5.10 Å². The Kier molecular flexibility index (Phi) is 4.68. The molecule has 35 heavy (non-hydrogen) atoms. The summed E-state index contributed by atoms with van der Waals surface area (Å²) in [5.41, 5.74) is 1.02. The molecule has 4 heterocycles. The molecule has 9 heteroatoms. The Bertz CT molecular complexity index is 1530. The molecular weight excluding hydrogens is 454 g/mol. The predicted molar refractivity (Wildman–Crippen MR) is 124 cm³/mol. The van der Waals surface area contributed by atoms with E-state index in [4.69, 9.17) is 12.2 Å². The lowest BCUT2D eigenvalue weighted by Crippen LogP contribution is -2.24. The molecule has 0 saturated carbocycles. The van der Waals surface area contributed by atoms with Gasteiger partial charge < -0.3 is 14.4 Å². The van der Waals surface area contributed by atoms with Crippen LogP contribution in [0.1, 0.15) is 30.8 Å². The Morgan fingerprint density at radius 1 is 1.23 bits per heavy atom. The molecule has 1 fully saturated rings. The summed E-state index contributed by atoms with van der Waals surface area (Å²) in [6.45, 7) is -1.76. The van der Waals surface area contributed by atoms with Crippen LogP contribution in [-0.4, -0.2) is 44.9 Å². The SMILES string of the molecule is [2H]C1([2H])c2ncccc2C(=O)N1Cc1c(F)cc(-c2ccc(O[C@H]3CCOC3)c3nn(C)cc23)cc1F. The largest absolute Gasteiger partial charge is 0.486 e. The zero-order valence-electron chi connectivity index (χ0n) is 20.8. The van der Waals surface area contributed by atoms with Gasteiger partial charge in [0.2, 0.25) is 0 Å². The number of carbonyl (C=O) groups is 1.